The van der Waals surface area contributed by atoms with Gasteiger partial charge in [-0.25, -0.2) is 0 Å². The van der Waals surface area contributed by atoms with Crippen LogP contribution >= 0.6 is 11.6 Å². The van der Waals surface area contributed by atoms with E-state index in [0.29, 0.717) is 11.9 Å². The van der Waals surface area contributed by atoms with Crippen LogP contribution in [-0.4, -0.2) is 32.2 Å². The van der Waals surface area contributed by atoms with Crippen molar-refractivity contribution in [3.63, 3.8) is 0 Å². The molecule has 2 nitrogen and oxygen atoms in total. The van der Waals surface area contributed by atoms with Crippen LogP contribution in [0.3, 0.4) is 0 Å². The number of hydrogen-bond donors (Lipinski definition) is 1. The molecule has 0 saturated heterocycles. The van der Waals surface area contributed by atoms with Crippen molar-refractivity contribution >= 4 is 11.6 Å². The number of nitrogens with one attached hydrogen (secondary N) is 1. The van der Waals surface area contributed by atoms with E-state index >= 15 is 0 Å². The highest BCUT2D eigenvalue weighted by molar-refractivity contribution is 6.18. The first-order chi connectivity index (χ1) is 7.36. The Bertz CT molecular complexity index is 253. The first-order valence-corrected chi connectivity index (χ1v) is 5.72. The summed E-state index contributed by atoms with van der Waals surface area (Å²) in [6.45, 7) is 1.57. The molecule has 0 aromatic heterocycles. The van der Waals surface area contributed by atoms with Crippen LogP contribution < -0.4 is 5.32 Å². The molecule has 1 unspecified atom stereocenters. The monoisotopic (exact) mass is 227 g/mol. The highest BCUT2D eigenvalue weighted by Crippen LogP contribution is 2.04. The summed E-state index contributed by atoms with van der Waals surface area (Å²) in [6.07, 6.45) is 0.966. The smallest absolute Gasteiger partial charge is 0.0587 e. The van der Waals surface area contributed by atoms with E-state index in [4.69, 9.17) is 16.3 Å². The van der Waals surface area contributed by atoms with Crippen molar-refractivity contribution in [2.24, 2.45) is 0 Å². The molecule has 0 spiro atoms. The topological polar surface area (TPSA) is 21.3 Å². The normalized spacial score (nSPS) is 12.7. The first-order valence-electron chi connectivity index (χ1n) is 5.19. The van der Waals surface area contributed by atoms with Crippen molar-refractivity contribution < 1.29 is 4.74 Å². The van der Waals surface area contributed by atoms with E-state index in [-0.39, 0.29) is 0 Å². The maximum absolute atomic E-state index is 5.89. The van der Waals surface area contributed by atoms with Crippen molar-refractivity contribution in [2.45, 2.75) is 12.5 Å². The summed E-state index contributed by atoms with van der Waals surface area (Å²) < 4.78 is 4.98. The fraction of sp³-hybridized carbons (Fsp3) is 0.500. The Morgan fingerprint density at radius 2 is 2.07 bits per heavy atom. The Labute approximate surface area is 96.6 Å². The third-order valence-corrected chi connectivity index (χ3v) is 2.62. The van der Waals surface area contributed by atoms with Gasteiger partial charge in [0.1, 0.15) is 0 Å². The molecule has 1 aromatic rings. The van der Waals surface area contributed by atoms with Gasteiger partial charge in [-0.3, -0.25) is 0 Å². The molecule has 0 saturated carbocycles. The second kappa shape index (κ2) is 7.69. The van der Waals surface area contributed by atoms with Crippen molar-refractivity contribution in [3.05, 3.63) is 35.9 Å². The van der Waals surface area contributed by atoms with Gasteiger partial charge in [0.2, 0.25) is 0 Å². The molecule has 1 atom stereocenters. The number of halogens is 1. The van der Waals surface area contributed by atoms with Crippen molar-refractivity contribution in [1.29, 1.82) is 0 Å². The number of hydrogen-bond acceptors (Lipinski definition) is 2. The predicted molar refractivity (Wildman–Crippen MR) is 64.5 cm³/mol. The maximum atomic E-state index is 5.89. The fourth-order valence-electron chi connectivity index (χ4n) is 1.45. The lowest BCUT2D eigenvalue weighted by atomic mass is 10.1. The van der Waals surface area contributed by atoms with Gasteiger partial charge < -0.3 is 10.1 Å². The lowest BCUT2D eigenvalue weighted by molar-refractivity contribution is 0.196. The van der Waals surface area contributed by atoms with E-state index in [1.165, 1.54) is 5.56 Å². The second-order valence-electron chi connectivity index (χ2n) is 3.49. The van der Waals surface area contributed by atoms with E-state index in [1.54, 1.807) is 7.11 Å². The zero-order chi connectivity index (χ0) is 10.9. The highest BCUT2D eigenvalue weighted by Gasteiger charge is 2.06. The molecule has 1 aromatic carbocycles. The summed E-state index contributed by atoms with van der Waals surface area (Å²) in [4.78, 5) is 0. The van der Waals surface area contributed by atoms with Crippen LogP contribution in [0.2, 0.25) is 0 Å². The van der Waals surface area contributed by atoms with E-state index in [2.05, 4.69) is 29.6 Å². The van der Waals surface area contributed by atoms with Gasteiger partial charge in [-0.2, -0.15) is 0 Å². The van der Waals surface area contributed by atoms with Gasteiger partial charge in [-0.15, -0.1) is 11.6 Å². The van der Waals surface area contributed by atoms with Crippen molar-refractivity contribution in [1.82, 2.24) is 5.32 Å². The van der Waals surface area contributed by atoms with Gasteiger partial charge in [0.25, 0.3) is 0 Å². The summed E-state index contributed by atoms with van der Waals surface area (Å²) in [6, 6.07) is 10.7. The van der Waals surface area contributed by atoms with Crippen molar-refractivity contribution in [2.75, 3.05) is 26.1 Å². The standard InChI is InChI=1S/C12H18ClNO/c1-15-8-7-14-12(10-13)9-11-5-3-2-4-6-11/h2-6,12,14H,7-10H2,1H3. The van der Waals surface area contributed by atoms with Gasteiger partial charge in [0.15, 0.2) is 0 Å². The molecule has 0 aliphatic heterocycles. The average molecular weight is 228 g/mol. The Kier molecular flexibility index (Phi) is 6.41. The number of alkyl halides is 1. The van der Waals surface area contributed by atoms with E-state index in [9.17, 15) is 0 Å². The summed E-state index contributed by atoms with van der Waals surface area (Å²) >= 11 is 5.89. The van der Waals surface area contributed by atoms with Gasteiger partial charge in [-0.05, 0) is 12.0 Å². The lowest BCUT2D eigenvalue weighted by Crippen LogP contribution is -2.35. The van der Waals surface area contributed by atoms with Crippen LogP contribution in [0, 0.1) is 0 Å². The summed E-state index contributed by atoms with van der Waals surface area (Å²) in [5.74, 6) is 0.624. The molecule has 0 bridgehead atoms. The van der Waals surface area contributed by atoms with Gasteiger partial charge in [0.05, 0.1) is 6.61 Å². The first kappa shape index (κ1) is 12.5. The molecule has 0 amide bonds. The third-order valence-electron chi connectivity index (χ3n) is 2.25. The maximum Gasteiger partial charge on any atom is 0.0587 e. The van der Waals surface area contributed by atoms with Gasteiger partial charge in [-0.1, -0.05) is 30.3 Å². The number of ether oxygens (including phenoxy) is 1. The largest absolute Gasteiger partial charge is 0.383 e. The predicted octanol–water partition coefficient (Wildman–Crippen LogP) is 2.07. The lowest BCUT2D eigenvalue weighted by Gasteiger charge is -2.15. The minimum Gasteiger partial charge on any atom is -0.383 e. The molecule has 3 heteroatoms. The summed E-state index contributed by atoms with van der Waals surface area (Å²) in [7, 11) is 1.70. The molecule has 0 fully saturated rings. The molecule has 0 radical (unpaired) electrons. The second-order valence-corrected chi connectivity index (χ2v) is 3.80. The van der Waals surface area contributed by atoms with E-state index in [0.717, 1.165) is 19.6 Å². The zero-order valence-electron chi connectivity index (χ0n) is 9.08. The molecule has 1 rings (SSSR count). The zero-order valence-corrected chi connectivity index (χ0v) is 9.83. The summed E-state index contributed by atoms with van der Waals surface area (Å²) in [5, 5.41) is 3.36. The Morgan fingerprint density at radius 3 is 2.67 bits per heavy atom. The Hall–Kier alpha value is -0.570. The Morgan fingerprint density at radius 1 is 1.33 bits per heavy atom. The van der Waals surface area contributed by atoms with Crippen LogP contribution in [0.1, 0.15) is 5.56 Å². The van der Waals surface area contributed by atoms with E-state index in [1.807, 2.05) is 6.07 Å². The van der Waals surface area contributed by atoms with Crippen LogP contribution in [0.4, 0.5) is 0 Å². The van der Waals surface area contributed by atoms with Crippen LogP contribution in [-0.2, 0) is 11.2 Å². The molecular formula is C12H18ClNO. The molecular weight excluding hydrogens is 210 g/mol. The fourth-order valence-corrected chi connectivity index (χ4v) is 1.66. The molecule has 0 heterocycles. The third kappa shape index (κ3) is 5.17. The minimum atomic E-state index is 0.323. The SMILES string of the molecule is COCCNC(CCl)Cc1ccccc1. The molecule has 0 aliphatic carbocycles. The van der Waals surface area contributed by atoms with Crippen LogP contribution in [0.5, 0.6) is 0 Å². The quantitative estimate of drug-likeness (QED) is 0.569. The number of methoxy groups -OCH3 is 1. The number of benzene rings is 1. The van der Waals surface area contributed by atoms with Gasteiger partial charge >= 0.3 is 0 Å². The molecule has 84 valence electrons. The van der Waals surface area contributed by atoms with E-state index < -0.39 is 0 Å². The summed E-state index contributed by atoms with van der Waals surface area (Å²) in [5.41, 5.74) is 1.31. The van der Waals surface area contributed by atoms with Crippen LogP contribution in [0.25, 0.3) is 0 Å². The Balaban J connectivity index is 2.33. The average Bonchev–Trinajstić information content (AvgIpc) is 2.29. The molecule has 1 N–H and O–H groups in total. The highest BCUT2D eigenvalue weighted by atomic mass is 35.5. The van der Waals surface area contributed by atoms with Crippen LogP contribution in [0.15, 0.2) is 30.3 Å². The number of rotatable bonds is 7. The molecule has 0 aliphatic rings. The van der Waals surface area contributed by atoms with Crippen molar-refractivity contribution in [3.8, 4) is 0 Å². The minimum absolute atomic E-state index is 0.323. The van der Waals surface area contributed by atoms with Gasteiger partial charge in [0, 0.05) is 25.6 Å². The molecule has 15 heavy (non-hydrogen) atoms.